The highest BCUT2D eigenvalue weighted by atomic mass is 16.2. The molecule has 2 aliphatic heterocycles. The number of aromatic nitrogens is 2. The van der Waals surface area contributed by atoms with Crippen LogP contribution in [0.3, 0.4) is 0 Å². The molecule has 1 saturated heterocycles. The highest BCUT2D eigenvalue weighted by Gasteiger charge is 2.42. The predicted octanol–water partition coefficient (Wildman–Crippen LogP) is 2.57. The zero-order valence-electron chi connectivity index (χ0n) is 13.4. The first-order valence-corrected chi connectivity index (χ1v) is 8.35. The fraction of sp³-hybridized carbons (Fsp3) is 0.368. The average molecular weight is 318 g/mol. The Morgan fingerprint density at radius 2 is 2.12 bits per heavy atom. The topological polar surface area (TPSA) is 69.9 Å². The number of fused-ring (bicyclic) bond motifs is 4. The molecule has 2 aliphatic rings. The van der Waals surface area contributed by atoms with E-state index in [1.165, 1.54) is 0 Å². The minimum absolute atomic E-state index is 0.147. The van der Waals surface area contributed by atoms with E-state index in [2.05, 4.69) is 20.9 Å². The largest absolute Gasteiger partial charge is 0.332 e. The van der Waals surface area contributed by atoms with E-state index in [-0.39, 0.29) is 18.0 Å². The normalized spacial score (nSPS) is 21.2. The zero-order valence-corrected chi connectivity index (χ0v) is 13.4. The summed E-state index contributed by atoms with van der Waals surface area (Å²) in [6, 6.07) is 10.0. The summed E-state index contributed by atoms with van der Waals surface area (Å²) in [5.41, 5.74) is 3.97. The molecule has 1 aromatic heterocycles. The Kier molecular flexibility index (Phi) is 3.73. The lowest BCUT2D eigenvalue weighted by Gasteiger charge is -2.35. The zero-order chi connectivity index (χ0) is 16.5. The average Bonchev–Trinajstić information content (AvgIpc) is 2.95. The second kappa shape index (κ2) is 6.04. The summed E-state index contributed by atoms with van der Waals surface area (Å²) in [6.45, 7) is 0. The van der Waals surface area contributed by atoms with Crippen molar-refractivity contribution in [1.29, 1.82) is 5.26 Å². The molecule has 0 spiro atoms. The summed E-state index contributed by atoms with van der Waals surface area (Å²) in [6.07, 6.45) is 7.57. The fourth-order valence-corrected chi connectivity index (χ4v) is 3.93. The summed E-state index contributed by atoms with van der Waals surface area (Å²) >= 11 is 0. The fourth-order valence-electron chi connectivity index (χ4n) is 3.93. The molecule has 1 aromatic carbocycles. The molecule has 1 amide bonds. The molecule has 24 heavy (non-hydrogen) atoms. The van der Waals surface area contributed by atoms with Gasteiger partial charge in [0.25, 0.3) is 0 Å². The molecule has 0 aliphatic carbocycles. The number of hydrogen-bond acceptors (Lipinski definition) is 4. The number of nitrogens with zero attached hydrogens (tertiary/aromatic N) is 4. The molecular formula is C19H18N4O. The van der Waals surface area contributed by atoms with Gasteiger partial charge in [-0.05, 0) is 37.0 Å². The van der Waals surface area contributed by atoms with Gasteiger partial charge in [0.1, 0.15) is 6.33 Å². The van der Waals surface area contributed by atoms with Crippen molar-refractivity contribution >= 4 is 5.91 Å². The van der Waals surface area contributed by atoms with Gasteiger partial charge in [0.2, 0.25) is 5.91 Å². The van der Waals surface area contributed by atoms with Crippen molar-refractivity contribution in [1.82, 2.24) is 14.9 Å². The first-order chi connectivity index (χ1) is 11.8. The number of carbonyl (C=O) groups excluding carboxylic acids is 1. The third-order valence-corrected chi connectivity index (χ3v) is 5.12. The number of rotatable bonds is 3. The van der Waals surface area contributed by atoms with Gasteiger partial charge in [0, 0.05) is 30.6 Å². The van der Waals surface area contributed by atoms with Crippen molar-refractivity contribution in [3.05, 3.63) is 59.2 Å². The van der Waals surface area contributed by atoms with Crippen LogP contribution in [-0.2, 0) is 17.6 Å². The van der Waals surface area contributed by atoms with E-state index in [0.717, 1.165) is 36.1 Å². The van der Waals surface area contributed by atoms with Crippen LogP contribution in [0.15, 0.2) is 36.8 Å². The van der Waals surface area contributed by atoms with Gasteiger partial charge in [-0.2, -0.15) is 5.26 Å². The summed E-state index contributed by atoms with van der Waals surface area (Å²) < 4.78 is 0. The highest BCUT2D eigenvalue weighted by molar-refractivity contribution is 5.78. The Bertz CT molecular complexity index is 809. The Morgan fingerprint density at radius 3 is 2.92 bits per heavy atom. The van der Waals surface area contributed by atoms with E-state index in [0.29, 0.717) is 18.4 Å². The minimum Gasteiger partial charge on any atom is -0.332 e. The molecular weight excluding hydrogens is 300 g/mol. The number of amides is 1. The lowest BCUT2D eigenvalue weighted by molar-refractivity contribution is -0.134. The molecule has 4 rings (SSSR count). The molecule has 3 heterocycles. The van der Waals surface area contributed by atoms with Crippen LogP contribution >= 0.6 is 0 Å². The summed E-state index contributed by atoms with van der Waals surface area (Å²) in [5, 5.41) is 8.84. The number of benzene rings is 1. The van der Waals surface area contributed by atoms with Gasteiger partial charge < -0.3 is 4.90 Å². The second-order valence-electron chi connectivity index (χ2n) is 6.49. The second-order valence-corrected chi connectivity index (χ2v) is 6.49. The molecule has 0 radical (unpaired) electrons. The van der Waals surface area contributed by atoms with E-state index in [9.17, 15) is 4.79 Å². The number of carbonyl (C=O) groups is 1. The monoisotopic (exact) mass is 318 g/mol. The predicted molar refractivity (Wildman–Crippen MR) is 87.8 cm³/mol. The Morgan fingerprint density at radius 1 is 1.29 bits per heavy atom. The molecule has 5 heteroatoms. The first-order valence-electron chi connectivity index (χ1n) is 8.35. The van der Waals surface area contributed by atoms with Gasteiger partial charge in [-0.15, -0.1) is 0 Å². The van der Waals surface area contributed by atoms with Crippen LogP contribution in [0.2, 0.25) is 0 Å². The molecule has 5 nitrogen and oxygen atoms in total. The van der Waals surface area contributed by atoms with E-state index in [4.69, 9.17) is 5.26 Å². The van der Waals surface area contributed by atoms with Crippen LogP contribution in [0.5, 0.6) is 0 Å². The van der Waals surface area contributed by atoms with E-state index < -0.39 is 0 Å². The molecule has 1 fully saturated rings. The maximum Gasteiger partial charge on any atom is 0.223 e. The maximum atomic E-state index is 12.8. The summed E-state index contributed by atoms with van der Waals surface area (Å²) in [7, 11) is 0. The molecule has 2 atom stereocenters. The Hall–Kier alpha value is -2.74. The quantitative estimate of drug-likeness (QED) is 0.872. The number of nitriles is 1. The smallest absolute Gasteiger partial charge is 0.223 e. The van der Waals surface area contributed by atoms with Crippen LogP contribution in [-0.4, -0.2) is 26.8 Å². The van der Waals surface area contributed by atoms with E-state index in [1.54, 1.807) is 18.5 Å². The maximum absolute atomic E-state index is 12.8. The van der Waals surface area contributed by atoms with Crippen molar-refractivity contribution in [2.75, 3.05) is 0 Å². The van der Waals surface area contributed by atoms with Crippen LogP contribution < -0.4 is 0 Å². The molecule has 2 bridgehead atoms. The van der Waals surface area contributed by atoms with E-state index >= 15 is 0 Å². The Labute approximate surface area is 141 Å². The molecule has 2 aromatic rings. The summed E-state index contributed by atoms with van der Waals surface area (Å²) in [4.78, 5) is 23.4. The van der Waals surface area contributed by atoms with Gasteiger partial charge in [-0.25, -0.2) is 9.97 Å². The van der Waals surface area contributed by atoms with Crippen molar-refractivity contribution in [2.24, 2.45) is 0 Å². The number of aryl methyl sites for hydroxylation is 1. The third-order valence-electron chi connectivity index (χ3n) is 5.12. The van der Waals surface area contributed by atoms with Crippen LogP contribution in [0.25, 0.3) is 0 Å². The molecule has 120 valence electrons. The van der Waals surface area contributed by atoms with Crippen LogP contribution in [0.4, 0.5) is 0 Å². The SMILES string of the molecule is N#Cc1ccc(CCC(=O)N2C3CCC2c2cncnc2C3)cc1. The van der Waals surface area contributed by atoms with Crippen molar-refractivity contribution < 1.29 is 4.79 Å². The van der Waals surface area contributed by atoms with Crippen LogP contribution in [0.1, 0.15) is 47.7 Å². The van der Waals surface area contributed by atoms with Gasteiger partial charge in [-0.3, -0.25) is 4.79 Å². The van der Waals surface area contributed by atoms with Gasteiger partial charge in [-0.1, -0.05) is 12.1 Å². The molecule has 2 unspecified atom stereocenters. The van der Waals surface area contributed by atoms with Crippen molar-refractivity contribution in [2.45, 2.75) is 44.2 Å². The van der Waals surface area contributed by atoms with Crippen LogP contribution in [0, 0.1) is 11.3 Å². The van der Waals surface area contributed by atoms with E-state index in [1.807, 2.05) is 18.3 Å². The highest BCUT2D eigenvalue weighted by Crippen LogP contribution is 2.42. The molecule has 0 saturated carbocycles. The standard InChI is InChI=1S/C19H18N4O/c20-10-14-3-1-13(2-4-14)5-8-19(24)23-15-6-7-18(23)16-11-21-12-22-17(16)9-15/h1-4,11-12,15,18H,5-9H2. The van der Waals surface area contributed by atoms with Crippen molar-refractivity contribution in [3.8, 4) is 6.07 Å². The van der Waals surface area contributed by atoms with Gasteiger partial charge >= 0.3 is 0 Å². The minimum atomic E-state index is 0.147. The molecule has 0 N–H and O–H groups in total. The third kappa shape index (κ3) is 2.54. The summed E-state index contributed by atoms with van der Waals surface area (Å²) in [5.74, 6) is 0.210. The number of hydrogen-bond donors (Lipinski definition) is 0. The first kappa shape index (κ1) is 14.8. The van der Waals surface area contributed by atoms with Gasteiger partial charge in [0.05, 0.1) is 23.4 Å². The van der Waals surface area contributed by atoms with Gasteiger partial charge in [0.15, 0.2) is 0 Å². The van der Waals surface area contributed by atoms with Crippen molar-refractivity contribution in [3.63, 3.8) is 0 Å². The Balaban J connectivity index is 1.46. The lowest BCUT2D eigenvalue weighted by Crippen LogP contribution is -2.42. The lowest BCUT2D eigenvalue weighted by atomic mass is 9.98.